The van der Waals surface area contributed by atoms with Crippen LogP contribution in [0.15, 0.2) is 0 Å². The van der Waals surface area contributed by atoms with Gasteiger partial charge in [-0.3, -0.25) is 0 Å². The van der Waals surface area contributed by atoms with Crippen LogP contribution in [0.3, 0.4) is 0 Å². The number of hydrogen-bond acceptors (Lipinski definition) is 4. The molecule has 0 fully saturated rings. The molecule has 0 unspecified atom stereocenters. The molecule has 16 heavy (non-hydrogen) atoms. The Kier molecular flexibility index (Phi) is 3.45. The minimum absolute atomic E-state index is 0.641. The van der Waals surface area contributed by atoms with Crippen molar-refractivity contribution < 1.29 is 31.4 Å². The van der Waals surface area contributed by atoms with Crippen molar-refractivity contribution in [2.75, 3.05) is 7.11 Å². The number of aromatic nitrogens is 2. The lowest BCUT2D eigenvalue weighted by atomic mass is 10.4. The predicted octanol–water partition coefficient (Wildman–Crippen LogP) is 1.91. The molecule has 0 aliphatic rings. The minimum atomic E-state index is -4.85. The molecule has 0 aliphatic carbocycles. The number of hydrogen-bond donors (Lipinski definition) is 0. The zero-order valence-corrected chi connectivity index (χ0v) is 7.68. The summed E-state index contributed by atoms with van der Waals surface area (Å²) in [7, 11) is 1.01. The standard InChI is InChI=1S/C7H4F5N2O2/c1-15-4-2-3(7(10,11)12)13-6(14-4)16-5(8)9/h5H,1H3. The fourth-order valence-electron chi connectivity index (χ4n) is 0.728. The van der Waals surface area contributed by atoms with Gasteiger partial charge in [0.15, 0.2) is 5.69 Å². The van der Waals surface area contributed by atoms with Crippen LogP contribution in [0, 0.1) is 6.07 Å². The number of nitrogens with zero attached hydrogens (tertiary/aromatic N) is 2. The number of rotatable bonds is 3. The van der Waals surface area contributed by atoms with E-state index in [1.54, 1.807) is 6.07 Å². The van der Waals surface area contributed by atoms with Crippen LogP contribution in [0.25, 0.3) is 0 Å². The Bertz CT molecular complexity index is 368. The Balaban J connectivity index is 3.11. The van der Waals surface area contributed by atoms with E-state index in [-0.39, 0.29) is 0 Å². The van der Waals surface area contributed by atoms with Crippen LogP contribution in [-0.2, 0) is 6.18 Å². The van der Waals surface area contributed by atoms with Crippen molar-refractivity contribution in [2.45, 2.75) is 12.8 Å². The first-order chi connectivity index (χ1) is 7.32. The number of ether oxygens (including phenoxy) is 2. The highest BCUT2D eigenvalue weighted by Crippen LogP contribution is 2.30. The molecule has 4 nitrogen and oxygen atoms in total. The first kappa shape index (κ1) is 12.4. The van der Waals surface area contributed by atoms with Crippen LogP contribution in [0.2, 0.25) is 0 Å². The van der Waals surface area contributed by atoms with Crippen LogP contribution >= 0.6 is 0 Å². The quantitative estimate of drug-likeness (QED) is 0.760. The van der Waals surface area contributed by atoms with Gasteiger partial charge in [0, 0.05) is 0 Å². The zero-order valence-electron chi connectivity index (χ0n) is 7.68. The summed E-state index contributed by atoms with van der Waals surface area (Å²) >= 11 is 0. The van der Waals surface area contributed by atoms with Gasteiger partial charge in [-0.25, -0.2) is 0 Å². The third-order valence-corrected chi connectivity index (χ3v) is 1.29. The van der Waals surface area contributed by atoms with Crippen molar-refractivity contribution in [3.05, 3.63) is 11.8 Å². The summed E-state index contributed by atoms with van der Waals surface area (Å²) in [5.41, 5.74) is -1.55. The molecule has 1 aromatic rings. The molecule has 1 radical (unpaired) electrons. The molecule has 1 rings (SSSR count). The lowest BCUT2D eigenvalue weighted by Crippen LogP contribution is -2.13. The van der Waals surface area contributed by atoms with E-state index in [0.717, 1.165) is 7.11 Å². The summed E-state index contributed by atoms with van der Waals surface area (Å²) in [5, 5.41) is 0. The van der Waals surface area contributed by atoms with Gasteiger partial charge in [-0.05, 0) is 0 Å². The Hall–Kier alpha value is -1.67. The summed E-state index contributed by atoms with van der Waals surface area (Å²) in [5.74, 6) is -0.641. The largest absolute Gasteiger partial charge is 0.480 e. The number of alkyl halides is 5. The van der Waals surface area contributed by atoms with E-state index in [1.165, 1.54) is 0 Å². The van der Waals surface area contributed by atoms with Gasteiger partial charge in [0.05, 0.1) is 13.2 Å². The number of halogens is 5. The molecule has 0 saturated carbocycles. The van der Waals surface area contributed by atoms with Crippen molar-refractivity contribution in [2.24, 2.45) is 0 Å². The zero-order chi connectivity index (χ0) is 12.3. The Morgan fingerprint density at radius 2 is 1.88 bits per heavy atom. The molecule has 9 heteroatoms. The molecular formula is C7H4F5N2O2. The molecule has 0 aliphatic heterocycles. The molecule has 1 heterocycles. The van der Waals surface area contributed by atoms with E-state index < -0.39 is 30.4 Å². The van der Waals surface area contributed by atoms with Crippen molar-refractivity contribution in [1.29, 1.82) is 0 Å². The molecular weight excluding hydrogens is 239 g/mol. The SMILES string of the molecule is COc1[c]c(C(F)(F)F)nc(OC(F)F)n1. The van der Waals surface area contributed by atoms with Crippen molar-refractivity contribution >= 4 is 0 Å². The number of methoxy groups -OCH3 is 1. The molecule has 0 N–H and O–H groups in total. The van der Waals surface area contributed by atoms with Crippen LogP contribution in [0.5, 0.6) is 11.9 Å². The van der Waals surface area contributed by atoms with Gasteiger partial charge >= 0.3 is 18.8 Å². The summed E-state index contributed by atoms with van der Waals surface area (Å²) in [4.78, 5) is 5.83. The third kappa shape index (κ3) is 3.17. The third-order valence-electron chi connectivity index (χ3n) is 1.29. The minimum Gasteiger partial charge on any atom is -0.480 e. The average Bonchev–Trinajstić information content (AvgIpc) is 2.14. The van der Waals surface area contributed by atoms with Gasteiger partial charge in [0.2, 0.25) is 5.88 Å². The van der Waals surface area contributed by atoms with Crippen LogP contribution in [0.1, 0.15) is 5.69 Å². The molecule has 0 saturated heterocycles. The predicted molar refractivity (Wildman–Crippen MR) is 39.1 cm³/mol. The first-order valence-corrected chi connectivity index (χ1v) is 3.70. The van der Waals surface area contributed by atoms with E-state index in [9.17, 15) is 22.0 Å². The fourth-order valence-corrected chi connectivity index (χ4v) is 0.728. The van der Waals surface area contributed by atoms with Gasteiger partial charge in [-0.1, -0.05) is 0 Å². The maximum absolute atomic E-state index is 12.2. The summed E-state index contributed by atoms with van der Waals surface area (Å²) in [6, 6.07) is 0.526. The Labute approximate surface area is 86.0 Å². The molecule has 1 aromatic heterocycles. The van der Waals surface area contributed by atoms with E-state index >= 15 is 0 Å². The second-order valence-corrected chi connectivity index (χ2v) is 2.37. The Morgan fingerprint density at radius 1 is 1.25 bits per heavy atom. The molecule has 0 bridgehead atoms. The molecule has 0 spiro atoms. The van der Waals surface area contributed by atoms with Crippen LogP contribution in [-0.4, -0.2) is 23.7 Å². The lowest BCUT2D eigenvalue weighted by molar-refractivity contribution is -0.142. The fraction of sp³-hybridized carbons (Fsp3) is 0.429. The normalized spacial score (nSPS) is 11.7. The second-order valence-electron chi connectivity index (χ2n) is 2.37. The first-order valence-electron chi connectivity index (χ1n) is 3.70. The highest BCUT2D eigenvalue weighted by Gasteiger charge is 2.35. The maximum Gasteiger partial charge on any atom is 0.434 e. The van der Waals surface area contributed by atoms with Gasteiger partial charge in [0.25, 0.3) is 0 Å². The van der Waals surface area contributed by atoms with E-state index in [0.29, 0.717) is 0 Å². The van der Waals surface area contributed by atoms with Gasteiger partial charge in [-0.2, -0.15) is 31.9 Å². The lowest BCUT2D eigenvalue weighted by Gasteiger charge is -2.09. The highest BCUT2D eigenvalue weighted by atomic mass is 19.4. The maximum atomic E-state index is 12.2. The highest BCUT2D eigenvalue weighted by molar-refractivity contribution is 5.18. The molecule has 0 atom stereocenters. The molecule has 89 valence electrons. The van der Waals surface area contributed by atoms with Crippen LogP contribution < -0.4 is 9.47 Å². The Morgan fingerprint density at radius 3 is 2.31 bits per heavy atom. The van der Waals surface area contributed by atoms with Crippen LogP contribution in [0.4, 0.5) is 22.0 Å². The van der Waals surface area contributed by atoms with Crippen molar-refractivity contribution in [3.8, 4) is 11.9 Å². The van der Waals surface area contributed by atoms with E-state index in [2.05, 4.69) is 19.4 Å². The average molecular weight is 243 g/mol. The topological polar surface area (TPSA) is 44.2 Å². The van der Waals surface area contributed by atoms with Gasteiger partial charge in [-0.15, -0.1) is 0 Å². The van der Waals surface area contributed by atoms with Gasteiger partial charge < -0.3 is 9.47 Å². The van der Waals surface area contributed by atoms with Gasteiger partial charge in [0.1, 0.15) is 0 Å². The monoisotopic (exact) mass is 243 g/mol. The summed E-state index contributed by atoms with van der Waals surface area (Å²) in [6.07, 6.45) is -4.85. The summed E-state index contributed by atoms with van der Waals surface area (Å²) < 4.78 is 68.1. The second kappa shape index (κ2) is 4.45. The smallest absolute Gasteiger partial charge is 0.434 e. The summed E-state index contributed by atoms with van der Waals surface area (Å²) in [6.45, 7) is -3.33. The van der Waals surface area contributed by atoms with Crippen molar-refractivity contribution in [3.63, 3.8) is 0 Å². The molecule has 0 amide bonds. The van der Waals surface area contributed by atoms with E-state index in [4.69, 9.17) is 0 Å². The van der Waals surface area contributed by atoms with E-state index in [1.807, 2.05) is 0 Å². The molecule has 0 aromatic carbocycles. The van der Waals surface area contributed by atoms with Crippen molar-refractivity contribution in [1.82, 2.24) is 9.97 Å².